The van der Waals surface area contributed by atoms with Gasteiger partial charge in [-0.15, -0.1) is 0 Å². The highest BCUT2D eigenvalue weighted by Crippen LogP contribution is 2.51. The van der Waals surface area contributed by atoms with Crippen LogP contribution in [-0.4, -0.2) is 51.0 Å². The van der Waals surface area contributed by atoms with Gasteiger partial charge in [0.25, 0.3) is 0 Å². The zero-order chi connectivity index (χ0) is 20.5. The number of aromatic nitrogens is 3. The predicted octanol–water partition coefficient (Wildman–Crippen LogP) is 2.67. The highest BCUT2D eigenvalue weighted by Gasteiger charge is 2.54. The summed E-state index contributed by atoms with van der Waals surface area (Å²) in [6.07, 6.45) is 4.68. The molecule has 6 heteroatoms. The molecule has 154 valence electrons. The summed E-state index contributed by atoms with van der Waals surface area (Å²) in [6.45, 7) is 5.96. The summed E-state index contributed by atoms with van der Waals surface area (Å²) in [5, 5.41) is 13.3. The van der Waals surface area contributed by atoms with Gasteiger partial charge in [0.15, 0.2) is 5.76 Å². The molecule has 0 radical (unpaired) electrons. The van der Waals surface area contributed by atoms with Crippen molar-refractivity contribution in [2.75, 3.05) is 26.2 Å². The van der Waals surface area contributed by atoms with Gasteiger partial charge in [0, 0.05) is 61.6 Å². The Labute approximate surface area is 176 Å². The van der Waals surface area contributed by atoms with Crippen molar-refractivity contribution in [2.24, 2.45) is 17.8 Å². The summed E-state index contributed by atoms with van der Waals surface area (Å²) in [7, 11) is 0. The largest absolute Gasteiger partial charge is 0.395 e. The second-order valence-electron chi connectivity index (χ2n) is 8.19. The number of hydrogen-bond donors (Lipinski definition) is 1. The maximum Gasteiger partial charge on any atom is 0.167 e. The Kier molecular flexibility index (Phi) is 5.16. The number of β-amino-alcohol motifs (C(OH)–C–C–N with tert-alkyl or cyclic N) is 1. The van der Waals surface area contributed by atoms with Crippen LogP contribution in [0.2, 0.25) is 0 Å². The minimum absolute atomic E-state index is 0.248. The van der Waals surface area contributed by atoms with E-state index in [1.165, 1.54) is 0 Å². The molecule has 3 atom stereocenters. The minimum Gasteiger partial charge on any atom is -0.395 e. The quantitative estimate of drug-likeness (QED) is 0.642. The van der Waals surface area contributed by atoms with Gasteiger partial charge in [0.05, 0.1) is 13.2 Å². The van der Waals surface area contributed by atoms with Gasteiger partial charge in [0.1, 0.15) is 11.5 Å². The number of fused-ring (bicyclic) bond motifs is 1. The Hall–Kier alpha value is -2.88. The van der Waals surface area contributed by atoms with Gasteiger partial charge in [-0.2, -0.15) is 0 Å². The molecule has 1 aliphatic heterocycles. The van der Waals surface area contributed by atoms with Gasteiger partial charge >= 0.3 is 0 Å². The van der Waals surface area contributed by atoms with E-state index in [0.717, 1.165) is 54.5 Å². The molecule has 1 aliphatic carbocycles. The van der Waals surface area contributed by atoms with Crippen molar-refractivity contribution < 1.29 is 9.63 Å². The SMILES string of the molecule is CCc1nccn1Cc1cc(-c2ccc(C#CC3[C@H]4CN(CCO)C[C@@H]34)cc2)on1. The Balaban J connectivity index is 1.20. The summed E-state index contributed by atoms with van der Waals surface area (Å²) < 4.78 is 7.65. The Morgan fingerprint density at radius 3 is 2.73 bits per heavy atom. The fourth-order valence-electron chi connectivity index (χ4n) is 4.53. The van der Waals surface area contributed by atoms with Gasteiger partial charge < -0.3 is 19.1 Å². The van der Waals surface area contributed by atoms with E-state index < -0.39 is 0 Å². The summed E-state index contributed by atoms with van der Waals surface area (Å²) in [5.41, 5.74) is 2.92. The molecule has 6 nitrogen and oxygen atoms in total. The maximum absolute atomic E-state index is 9.05. The summed E-state index contributed by atoms with van der Waals surface area (Å²) >= 11 is 0. The molecular weight excluding hydrogens is 376 g/mol. The standard InChI is InChI=1S/C24H26N4O2/c1-2-24-25-9-10-28(24)14-19-13-23(30-26-19)18-6-3-17(4-7-18)5-8-20-21-15-27(11-12-29)16-22(20)21/h3-4,6-7,9-10,13,20-22,29H,2,11-12,14-16H2,1H3/t20?,21-,22+. The lowest BCUT2D eigenvalue weighted by atomic mass is 10.1. The molecule has 2 aromatic heterocycles. The first-order valence-corrected chi connectivity index (χ1v) is 10.7. The molecule has 0 amide bonds. The van der Waals surface area contributed by atoms with Gasteiger partial charge in [-0.3, -0.25) is 0 Å². The highest BCUT2D eigenvalue weighted by molar-refractivity contribution is 5.59. The Morgan fingerprint density at radius 2 is 2.00 bits per heavy atom. The number of hydrogen-bond acceptors (Lipinski definition) is 5. The molecular formula is C24H26N4O2. The predicted molar refractivity (Wildman–Crippen MR) is 114 cm³/mol. The molecule has 30 heavy (non-hydrogen) atoms. The van der Waals surface area contributed by atoms with Gasteiger partial charge in [0.2, 0.25) is 0 Å². The van der Waals surface area contributed by atoms with E-state index in [4.69, 9.17) is 9.63 Å². The minimum atomic E-state index is 0.248. The molecule has 1 unspecified atom stereocenters. The van der Waals surface area contributed by atoms with E-state index in [9.17, 15) is 0 Å². The normalized spacial score (nSPS) is 22.5. The van der Waals surface area contributed by atoms with Crippen LogP contribution in [0.1, 0.15) is 24.0 Å². The van der Waals surface area contributed by atoms with E-state index in [0.29, 0.717) is 24.3 Å². The molecule has 5 rings (SSSR count). The van der Waals surface area contributed by atoms with E-state index in [1.54, 1.807) is 0 Å². The van der Waals surface area contributed by atoms with Crippen LogP contribution < -0.4 is 0 Å². The Bertz CT molecular complexity index is 1060. The van der Waals surface area contributed by atoms with Crippen LogP contribution in [0.5, 0.6) is 0 Å². The van der Waals surface area contributed by atoms with Crippen LogP contribution in [0.4, 0.5) is 0 Å². The van der Waals surface area contributed by atoms with E-state index in [1.807, 2.05) is 42.7 Å². The molecule has 1 aromatic carbocycles. The van der Waals surface area contributed by atoms with Crippen LogP contribution >= 0.6 is 0 Å². The number of aryl methyl sites for hydroxylation is 1. The van der Waals surface area contributed by atoms with Crippen molar-refractivity contribution in [2.45, 2.75) is 19.9 Å². The van der Waals surface area contributed by atoms with Crippen molar-refractivity contribution in [3.8, 4) is 23.2 Å². The monoisotopic (exact) mass is 402 g/mol. The molecule has 2 fully saturated rings. The number of aliphatic hydroxyl groups is 1. The highest BCUT2D eigenvalue weighted by atomic mass is 16.5. The fourth-order valence-corrected chi connectivity index (χ4v) is 4.53. The lowest BCUT2D eigenvalue weighted by molar-refractivity contribution is 0.206. The van der Waals surface area contributed by atoms with Crippen LogP contribution in [0.3, 0.4) is 0 Å². The lowest BCUT2D eigenvalue weighted by Crippen LogP contribution is -2.27. The summed E-state index contributed by atoms with van der Waals surface area (Å²) in [6, 6.07) is 10.2. The van der Waals surface area contributed by atoms with Gasteiger partial charge in [-0.05, 0) is 36.1 Å². The molecule has 3 heterocycles. The average molecular weight is 402 g/mol. The van der Waals surface area contributed by atoms with E-state index in [-0.39, 0.29) is 6.61 Å². The second-order valence-corrected chi connectivity index (χ2v) is 8.19. The number of benzene rings is 1. The van der Waals surface area contributed by atoms with Crippen LogP contribution in [0.15, 0.2) is 47.2 Å². The third-order valence-electron chi connectivity index (χ3n) is 6.25. The van der Waals surface area contributed by atoms with Crippen LogP contribution in [0.25, 0.3) is 11.3 Å². The maximum atomic E-state index is 9.05. The first kappa shape index (κ1) is 19.1. The number of aliphatic hydroxyl groups excluding tert-OH is 1. The zero-order valence-corrected chi connectivity index (χ0v) is 17.2. The summed E-state index contributed by atoms with van der Waals surface area (Å²) in [4.78, 5) is 6.69. The lowest BCUT2D eigenvalue weighted by Gasteiger charge is -2.16. The van der Waals surface area contributed by atoms with Crippen molar-refractivity contribution in [1.82, 2.24) is 19.6 Å². The van der Waals surface area contributed by atoms with E-state index >= 15 is 0 Å². The van der Waals surface area contributed by atoms with Crippen molar-refractivity contribution in [1.29, 1.82) is 0 Å². The molecule has 0 spiro atoms. The molecule has 1 saturated carbocycles. The number of imidazole rings is 1. The van der Waals surface area contributed by atoms with E-state index in [2.05, 4.69) is 38.4 Å². The first-order chi connectivity index (χ1) is 14.7. The van der Waals surface area contributed by atoms with Crippen molar-refractivity contribution in [3.05, 3.63) is 59.8 Å². The third kappa shape index (κ3) is 3.79. The van der Waals surface area contributed by atoms with Crippen LogP contribution in [-0.2, 0) is 13.0 Å². The molecule has 2 aliphatic rings. The molecule has 1 N–H and O–H groups in total. The Morgan fingerprint density at radius 1 is 1.20 bits per heavy atom. The van der Waals surface area contributed by atoms with Crippen molar-refractivity contribution >= 4 is 0 Å². The number of piperidine rings is 1. The van der Waals surface area contributed by atoms with Crippen molar-refractivity contribution in [3.63, 3.8) is 0 Å². The third-order valence-corrected chi connectivity index (χ3v) is 6.25. The molecule has 0 bridgehead atoms. The van der Waals surface area contributed by atoms with Crippen LogP contribution in [0, 0.1) is 29.6 Å². The fraction of sp³-hybridized carbons (Fsp3) is 0.417. The number of nitrogens with zero attached hydrogens (tertiary/aromatic N) is 4. The molecule has 3 aromatic rings. The smallest absolute Gasteiger partial charge is 0.167 e. The first-order valence-electron chi connectivity index (χ1n) is 10.7. The van der Waals surface area contributed by atoms with Gasteiger partial charge in [-0.25, -0.2) is 4.98 Å². The topological polar surface area (TPSA) is 67.3 Å². The average Bonchev–Trinajstić information content (AvgIpc) is 3.23. The number of rotatable bonds is 6. The second kappa shape index (κ2) is 8.10. The zero-order valence-electron chi connectivity index (χ0n) is 17.2. The summed E-state index contributed by atoms with van der Waals surface area (Å²) in [5.74, 6) is 10.5. The number of likely N-dealkylation sites (tertiary alicyclic amines) is 1. The molecule has 1 saturated heterocycles. The van der Waals surface area contributed by atoms with Gasteiger partial charge in [-0.1, -0.05) is 23.9 Å².